The number of carbonyl (C=O) groups excluding carboxylic acids is 1. The quantitative estimate of drug-likeness (QED) is 0.416. The first kappa shape index (κ1) is 19.0. The van der Waals surface area contributed by atoms with E-state index in [1.54, 1.807) is 12.1 Å². The fourth-order valence-corrected chi connectivity index (χ4v) is 3.27. The number of phenols is 2. The van der Waals surface area contributed by atoms with Crippen LogP contribution in [0.15, 0.2) is 30.3 Å². The Hall–Kier alpha value is -2.75. The van der Waals surface area contributed by atoms with Gasteiger partial charge in [0.25, 0.3) is 0 Å². The number of fused-ring (bicyclic) bond motifs is 1. The van der Waals surface area contributed by atoms with E-state index in [0.29, 0.717) is 22.6 Å². The number of hydrogen-bond acceptors (Lipinski definition) is 4. The molecule has 0 fully saturated rings. The zero-order valence-electron chi connectivity index (χ0n) is 16.7. The van der Waals surface area contributed by atoms with Gasteiger partial charge in [-0.3, -0.25) is 0 Å². The predicted octanol–water partition coefficient (Wildman–Crippen LogP) is 5.15. The van der Waals surface area contributed by atoms with Crippen LogP contribution in [0.25, 0.3) is 11.6 Å². The molecule has 0 saturated carbocycles. The standard InChI is InChI=1S/C23H26O4/c1-22(2,3)17-10-13(11-18(20(17)25)23(4,5)6)9-16-15-12-14(24)7-8-19(15)27-21(16)26/h7-12,24-25H,1-6H3. The van der Waals surface area contributed by atoms with Gasteiger partial charge in [-0.25, -0.2) is 4.79 Å². The third-order valence-corrected chi connectivity index (χ3v) is 4.74. The summed E-state index contributed by atoms with van der Waals surface area (Å²) in [4.78, 5) is 12.4. The molecule has 4 heteroatoms. The molecular weight excluding hydrogens is 340 g/mol. The minimum atomic E-state index is -0.446. The lowest BCUT2D eigenvalue weighted by Gasteiger charge is -2.28. The van der Waals surface area contributed by atoms with Crippen molar-refractivity contribution in [3.8, 4) is 17.2 Å². The molecule has 27 heavy (non-hydrogen) atoms. The summed E-state index contributed by atoms with van der Waals surface area (Å²) in [5.74, 6) is 0.367. The predicted molar refractivity (Wildman–Crippen MR) is 107 cm³/mol. The van der Waals surface area contributed by atoms with E-state index >= 15 is 0 Å². The summed E-state index contributed by atoms with van der Waals surface area (Å²) >= 11 is 0. The van der Waals surface area contributed by atoms with Crippen LogP contribution >= 0.6 is 0 Å². The maximum Gasteiger partial charge on any atom is 0.344 e. The number of hydrogen-bond donors (Lipinski definition) is 2. The highest BCUT2D eigenvalue weighted by molar-refractivity contribution is 6.26. The molecule has 4 nitrogen and oxygen atoms in total. The van der Waals surface area contributed by atoms with Crippen molar-refractivity contribution in [2.45, 2.75) is 52.4 Å². The summed E-state index contributed by atoms with van der Waals surface area (Å²) in [5.41, 5.74) is 2.91. The third kappa shape index (κ3) is 3.57. The van der Waals surface area contributed by atoms with Gasteiger partial charge < -0.3 is 14.9 Å². The fraction of sp³-hybridized carbons (Fsp3) is 0.348. The largest absolute Gasteiger partial charge is 0.508 e. The molecule has 0 aromatic heterocycles. The molecule has 2 aromatic carbocycles. The van der Waals surface area contributed by atoms with Gasteiger partial charge in [0.05, 0.1) is 5.57 Å². The number of aromatic hydroxyl groups is 2. The lowest BCUT2D eigenvalue weighted by Crippen LogP contribution is -2.17. The van der Waals surface area contributed by atoms with Crippen LogP contribution in [-0.4, -0.2) is 16.2 Å². The Morgan fingerprint density at radius 2 is 1.44 bits per heavy atom. The monoisotopic (exact) mass is 366 g/mol. The van der Waals surface area contributed by atoms with Gasteiger partial charge in [0, 0.05) is 16.7 Å². The number of rotatable bonds is 1. The van der Waals surface area contributed by atoms with Crippen LogP contribution in [0, 0.1) is 0 Å². The summed E-state index contributed by atoms with van der Waals surface area (Å²) in [6.45, 7) is 12.3. The van der Waals surface area contributed by atoms with Gasteiger partial charge in [0.2, 0.25) is 0 Å². The molecule has 0 unspecified atom stereocenters. The lowest BCUT2D eigenvalue weighted by atomic mass is 9.78. The number of phenolic OH excluding ortho intramolecular Hbond substituents is 2. The van der Waals surface area contributed by atoms with Crippen molar-refractivity contribution in [2.75, 3.05) is 0 Å². The molecule has 1 aliphatic rings. The van der Waals surface area contributed by atoms with Crippen LogP contribution in [0.3, 0.4) is 0 Å². The van der Waals surface area contributed by atoms with Crippen molar-refractivity contribution in [1.29, 1.82) is 0 Å². The van der Waals surface area contributed by atoms with Crippen LogP contribution in [0.5, 0.6) is 17.2 Å². The summed E-state index contributed by atoms with van der Waals surface area (Å²) in [6.07, 6.45) is 1.76. The molecule has 1 heterocycles. The minimum Gasteiger partial charge on any atom is -0.508 e. The van der Waals surface area contributed by atoms with E-state index in [0.717, 1.165) is 16.7 Å². The summed E-state index contributed by atoms with van der Waals surface area (Å²) < 4.78 is 5.30. The van der Waals surface area contributed by atoms with E-state index in [4.69, 9.17) is 4.74 Å². The molecule has 0 aliphatic carbocycles. The average molecular weight is 366 g/mol. The lowest BCUT2D eigenvalue weighted by molar-refractivity contribution is -0.126. The van der Waals surface area contributed by atoms with Crippen LogP contribution in [0.2, 0.25) is 0 Å². The van der Waals surface area contributed by atoms with Gasteiger partial charge in [-0.05, 0) is 52.8 Å². The zero-order valence-corrected chi connectivity index (χ0v) is 16.7. The topological polar surface area (TPSA) is 66.8 Å². The molecule has 0 radical (unpaired) electrons. The normalized spacial score (nSPS) is 15.8. The molecule has 0 saturated heterocycles. The Labute approximate surface area is 160 Å². The number of benzene rings is 2. The van der Waals surface area contributed by atoms with E-state index in [9.17, 15) is 15.0 Å². The van der Waals surface area contributed by atoms with Gasteiger partial charge in [-0.2, -0.15) is 0 Å². The van der Waals surface area contributed by atoms with E-state index < -0.39 is 5.97 Å². The van der Waals surface area contributed by atoms with Crippen LogP contribution in [-0.2, 0) is 15.6 Å². The Kier molecular flexibility index (Phi) is 4.34. The van der Waals surface area contributed by atoms with Crippen molar-refractivity contribution < 1.29 is 19.7 Å². The van der Waals surface area contributed by atoms with Crippen molar-refractivity contribution in [1.82, 2.24) is 0 Å². The van der Waals surface area contributed by atoms with Crippen LogP contribution in [0.1, 0.15) is 63.8 Å². The van der Waals surface area contributed by atoms with Crippen LogP contribution < -0.4 is 4.74 Å². The minimum absolute atomic E-state index is 0.0782. The first-order valence-corrected chi connectivity index (χ1v) is 9.03. The first-order chi connectivity index (χ1) is 12.4. The second kappa shape index (κ2) is 6.15. The Bertz CT molecular complexity index is 918. The smallest absolute Gasteiger partial charge is 0.344 e. The maximum absolute atomic E-state index is 12.4. The summed E-state index contributed by atoms with van der Waals surface area (Å²) in [5, 5.41) is 20.6. The van der Waals surface area contributed by atoms with Gasteiger partial charge in [0.15, 0.2) is 0 Å². The highest BCUT2D eigenvalue weighted by atomic mass is 16.5. The van der Waals surface area contributed by atoms with Crippen molar-refractivity contribution >= 4 is 17.6 Å². The Morgan fingerprint density at radius 3 is 1.96 bits per heavy atom. The maximum atomic E-state index is 12.4. The molecule has 1 aliphatic heterocycles. The van der Waals surface area contributed by atoms with Crippen molar-refractivity contribution in [3.63, 3.8) is 0 Å². The molecule has 0 amide bonds. The SMILES string of the molecule is CC(C)(C)c1cc(C=C2C(=O)Oc3ccc(O)cc32)cc(C(C)(C)C)c1O. The van der Waals surface area contributed by atoms with Crippen molar-refractivity contribution in [3.05, 3.63) is 52.6 Å². The zero-order chi connectivity index (χ0) is 20.1. The van der Waals surface area contributed by atoms with Gasteiger partial charge in [-0.15, -0.1) is 0 Å². The van der Waals surface area contributed by atoms with E-state index in [-0.39, 0.29) is 16.6 Å². The van der Waals surface area contributed by atoms with Gasteiger partial charge in [-0.1, -0.05) is 41.5 Å². The highest BCUT2D eigenvalue weighted by Crippen LogP contribution is 2.42. The molecule has 3 rings (SSSR count). The molecule has 0 bridgehead atoms. The van der Waals surface area contributed by atoms with Crippen molar-refractivity contribution in [2.24, 2.45) is 0 Å². The summed E-state index contributed by atoms with van der Waals surface area (Å²) in [7, 11) is 0. The molecule has 0 spiro atoms. The number of carbonyl (C=O) groups is 1. The second-order valence-electron chi connectivity index (χ2n) is 9.09. The van der Waals surface area contributed by atoms with E-state index in [1.807, 2.05) is 53.7 Å². The van der Waals surface area contributed by atoms with E-state index in [2.05, 4.69) is 0 Å². The number of esters is 1. The Morgan fingerprint density at radius 1 is 0.889 bits per heavy atom. The first-order valence-electron chi connectivity index (χ1n) is 9.03. The molecule has 2 N–H and O–H groups in total. The number of ether oxygens (including phenoxy) is 1. The Balaban J connectivity index is 2.23. The van der Waals surface area contributed by atoms with Gasteiger partial charge >= 0.3 is 5.97 Å². The average Bonchev–Trinajstić information content (AvgIpc) is 2.82. The second-order valence-corrected chi connectivity index (χ2v) is 9.09. The van der Waals surface area contributed by atoms with Gasteiger partial charge in [0.1, 0.15) is 17.2 Å². The highest BCUT2D eigenvalue weighted by Gasteiger charge is 2.29. The molecule has 142 valence electrons. The third-order valence-electron chi connectivity index (χ3n) is 4.74. The van der Waals surface area contributed by atoms with Crippen LogP contribution in [0.4, 0.5) is 0 Å². The molecule has 2 aromatic rings. The molecule has 0 atom stereocenters. The molecular formula is C23H26O4. The van der Waals surface area contributed by atoms with E-state index in [1.165, 1.54) is 12.1 Å². The fourth-order valence-electron chi connectivity index (χ4n) is 3.27. The summed E-state index contributed by atoms with van der Waals surface area (Å²) in [6, 6.07) is 8.42.